The first-order valence-corrected chi connectivity index (χ1v) is 9.70. The lowest BCUT2D eigenvalue weighted by Gasteiger charge is -2.16. The van der Waals surface area contributed by atoms with E-state index < -0.39 is 6.29 Å². The monoisotopic (exact) mass is 382 g/mol. The van der Waals surface area contributed by atoms with Crippen LogP contribution in [0.1, 0.15) is 19.4 Å². The summed E-state index contributed by atoms with van der Waals surface area (Å²) in [5.41, 5.74) is 5.56. The molecule has 1 atom stereocenters. The molecule has 0 fully saturated rings. The SMILES string of the molecule is CCOC(C)Oc1c(-c2ccccc2)c(-c2ccccc2)n2ccc(C#N)cc12. The Morgan fingerprint density at radius 1 is 0.966 bits per heavy atom. The van der Waals surface area contributed by atoms with E-state index >= 15 is 0 Å². The highest BCUT2D eigenvalue weighted by atomic mass is 16.7. The number of fused-ring (bicyclic) bond motifs is 1. The summed E-state index contributed by atoms with van der Waals surface area (Å²) in [7, 11) is 0. The summed E-state index contributed by atoms with van der Waals surface area (Å²) in [4.78, 5) is 0. The summed E-state index contributed by atoms with van der Waals surface area (Å²) in [6.07, 6.45) is 1.52. The van der Waals surface area contributed by atoms with Gasteiger partial charge in [-0.1, -0.05) is 60.7 Å². The molecule has 2 aromatic heterocycles. The molecule has 4 rings (SSSR count). The highest BCUT2D eigenvalue weighted by molar-refractivity contribution is 5.94. The van der Waals surface area contributed by atoms with Gasteiger partial charge in [0.2, 0.25) is 0 Å². The minimum atomic E-state index is -0.414. The number of ether oxygens (including phenoxy) is 2. The normalized spacial score (nSPS) is 11.9. The van der Waals surface area contributed by atoms with Gasteiger partial charge >= 0.3 is 0 Å². The van der Waals surface area contributed by atoms with Crippen LogP contribution in [0.2, 0.25) is 0 Å². The number of hydrogen-bond acceptors (Lipinski definition) is 3. The zero-order chi connectivity index (χ0) is 20.2. The Hall–Kier alpha value is -3.55. The molecule has 29 heavy (non-hydrogen) atoms. The molecule has 2 heterocycles. The molecular formula is C25H22N2O2. The molecule has 0 amide bonds. The van der Waals surface area contributed by atoms with E-state index in [0.717, 1.165) is 27.9 Å². The number of hydrogen-bond donors (Lipinski definition) is 0. The van der Waals surface area contributed by atoms with Crippen LogP contribution in [0.15, 0.2) is 79.0 Å². The van der Waals surface area contributed by atoms with Crippen molar-refractivity contribution in [1.29, 1.82) is 5.26 Å². The molecule has 0 radical (unpaired) electrons. The van der Waals surface area contributed by atoms with Crippen molar-refractivity contribution in [3.8, 4) is 34.2 Å². The average molecular weight is 382 g/mol. The molecular weight excluding hydrogens is 360 g/mol. The van der Waals surface area contributed by atoms with Gasteiger partial charge in [-0.15, -0.1) is 0 Å². The fourth-order valence-corrected chi connectivity index (χ4v) is 3.60. The van der Waals surface area contributed by atoms with Gasteiger partial charge in [-0.25, -0.2) is 0 Å². The predicted molar refractivity (Wildman–Crippen MR) is 115 cm³/mol. The van der Waals surface area contributed by atoms with Crippen molar-refractivity contribution in [3.63, 3.8) is 0 Å². The Bertz CT molecular complexity index is 1160. The molecule has 4 aromatic rings. The minimum Gasteiger partial charge on any atom is -0.462 e. The molecule has 2 aromatic carbocycles. The Morgan fingerprint density at radius 3 is 2.24 bits per heavy atom. The zero-order valence-electron chi connectivity index (χ0n) is 16.5. The molecule has 0 bridgehead atoms. The van der Waals surface area contributed by atoms with Gasteiger partial charge in [0.05, 0.1) is 28.4 Å². The summed E-state index contributed by atoms with van der Waals surface area (Å²) in [5.74, 6) is 0.716. The second kappa shape index (κ2) is 8.22. The van der Waals surface area contributed by atoms with Crippen molar-refractivity contribution >= 4 is 5.52 Å². The molecule has 4 nitrogen and oxygen atoms in total. The Morgan fingerprint density at radius 2 is 1.62 bits per heavy atom. The van der Waals surface area contributed by atoms with E-state index in [0.29, 0.717) is 17.9 Å². The molecule has 0 aliphatic heterocycles. The lowest BCUT2D eigenvalue weighted by molar-refractivity contribution is -0.0601. The minimum absolute atomic E-state index is 0.414. The van der Waals surface area contributed by atoms with Crippen LogP contribution in [0.4, 0.5) is 0 Å². The third-order valence-electron chi connectivity index (χ3n) is 4.82. The fraction of sp³-hybridized carbons (Fsp3) is 0.160. The van der Waals surface area contributed by atoms with Crippen LogP contribution >= 0.6 is 0 Å². The van der Waals surface area contributed by atoms with E-state index in [-0.39, 0.29) is 0 Å². The average Bonchev–Trinajstić information content (AvgIpc) is 3.08. The summed E-state index contributed by atoms with van der Waals surface area (Å²) in [6, 6.07) is 26.3. The smallest absolute Gasteiger partial charge is 0.197 e. The van der Waals surface area contributed by atoms with Gasteiger partial charge < -0.3 is 13.9 Å². The van der Waals surface area contributed by atoms with Crippen LogP contribution in [0, 0.1) is 11.3 Å². The number of pyridine rings is 1. The molecule has 0 N–H and O–H groups in total. The van der Waals surface area contributed by atoms with Gasteiger partial charge in [0.15, 0.2) is 12.0 Å². The van der Waals surface area contributed by atoms with Gasteiger partial charge in [-0.05, 0) is 37.1 Å². The molecule has 1 unspecified atom stereocenters. The summed E-state index contributed by atoms with van der Waals surface area (Å²) in [5, 5.41) is 9.44. The van der Waals surface area contributed by atoms with Crippen LogP contribution in [0.25, 0.3) is 27.9 Å². The first-order chi connectivity index (χ1) is 14.2. The second-order valence-corrected chi connectivity index (χ2v) is 6.71. The number of nitrogens with zero attached hydrogens (tertiary/aromatic N) is 2. The number of rotatable bonds is 6. The first-order valence-electron chi connectivity index (χ1n) is 9.70. The van der Waals surface area contributed by atoms with Gasteiger partial charge in [0, 0.05) is 12.8 Å². The lowest BCUT2D eigenvalue weighted by Crippen LogP contribution is -2.16. The van der Waals surface area contributed by atoms with Crippen LogP contribution in [-0.4, -0.2) is 17.3 Å². The van der Waals surface area contributed by atoms with Gasteiger partial charge in [-0.3, -0.25) is 0 Å². The predicted octanol–water partition coefficient (Wildman–Crippen LogP) is 5.91. The van der Waals surface area contributed by atoms with Crippen molar-refractivity contribution < 1.29 is 9.47 Å². The maximum Gasteiger partial charge on any atom is 0.197 e. The molecule has 144 valence electrons. The Balaban J connectivity index is 2.07. The molecule has 0 saturated heterocycles. The van der Waals surface area contributed by atoms with Gasteiger partial charge in [0.1, 0.15) is 0 Å². The standard InChI is InChI=1S/C25H22N2O2/c1-3-28-18(2)29-25-22-16-19(17-26)14-15-27(22)24(21-12-8-5-9-13-21)23(25)20-10-6-4-7-11-20/h4-16,18H,3H2,1-2H3. The van der Waals surface area contributed by atoms with Crippen molar-refractivity contribution in [2.24, 2.45) is 0 Å². The Kier molecular flexibility index (Phi) is 5.33. The van der Waals surface area contributed by atoms with E-state index in [9.17, 15) is 5.26 Å². The maximum absolute atomic E-state index is 9.44. The van der Waals surface area contributed by atoms with Crippen molar-refractivity contribution in [3.05, 3.63) is 84.6 Å². The van der Waals surface area contributed by atoms with Crippen LogP contribution < -0.4 is 4.74 Å². The van der Waals surface area contributed by atoms with Crippen LogP contribution in [0.5, 0.6) is 5.75 Å². The first kappa shape index (κ1) is 18.8. The molecule has 4 heteroatoms. The number of nitriles is 1. The number of aromatic nitrogens is 1. The van der Waals surface area contributed by atoms with Crippen molar-refractivity contribution in [2.75, 3.05) is 6.61 Å². The topological polar surface area (TPSA) is 46.7 Å². The molecule has 0 saturated carbocycles. The Labute approximate surface area is 170 Å². The molecule has 0 aliphatic rings. The highest BCUT2D eigenvalue weighted by Crippen LogP contribution is 2.45. The maximum atomic E-state index is 9.44. The van der Waals surface area contributed by atoms with Crippen LogP contribution in [-0.2, 0) is 4.74 Å². The van der Waals surface area contributed by atoms with Crippen molar-refractivity contribution in [2.45, 2.75) is 20.1 Å². The fourth-order valence-electron chi connectivity index (χ4n) is 3.60. The second-order valence-electron chi connectivity index (χ2n) is 6.71. The van der Waals surface area contributed by atoms with Gasteiger partial charge in [-0.2, -0.15) is 5.26 Å². The third-order valence-corrected chi connectivity index (χ3v) is 4.82. The largest absolute Gasteiger partial charge is 0.462 e. The van der Waals surface area contributed by atoms with Crippen LogP contribution in [0.3, 0.4) is 0 Å². The third kappa shape index (κ3) is 3.61. The van der Waals surface area contributed by atoms with Gasteiger partial charge in [0.25, 0.3) is 0 Å². The summed E-state index contributed by atoms with van der Waals surface area (Å²) < 4.78 is 14.1. The van der Waals surface area contributed by atoms with E-state index in [1.54, 1.807) is 0 Å². The summed E-state index contributed by atoms with van der Waals surface area (Å²) >= 11 is 0. The molecule has 0 aliphatic carbocycles. The van der Waals surface area contributed by atoms with E-state index in [1.807, 2.05) is 68.6 Å². The van der Waals surface area contributed by atoms with E-state index in [1.165, 1.54) is 0 Å². The lowest BCUT2D eigenvalue weighted by atomic mass is 10.0. The van der Waals surface area contributed by atoms with Crippen molar-refractivity contribution in [1.82, 2.24) is 4.40 Å². The molecule has 0 spiro atoms. The zero-order valence-corrected chi connectivity index (χ0v) is 16.5. The van der Waals surface area contributed by atoms with E-state index in [4.69, 9.17) is 9.47 Å². The van der Waals surface area contributed by atoms with E-state index in [2.05, 4.69) is 34.7 Å². The number of benzene rings is 2. The highest BCUT2D eigenvalue weighted by Gasteiger charge is 2.24. The quantitative estimate of drug-likeness (QED) is 0.390. The summed E-state index contributed by atoms with van der Waals surface area (Å²) in [6.45, 7) is 4.39.